The lowest BCUT2D eigenvalue weighted by molar-refractivity contribution is -0.0198. The smallest absolute Gasteiger partial charge is 0.181 e. The van der Waals surface area contributed by atoms with E-state index < -0.39 is 0 Å². The van der Waals surface area contributed by atoms with Crippen molar-refractivity contribution in [2.45, 2.75) is 48.6 Å². The first-order chi connectivity index (χ1) is 11.7. The first kappa shape index (κ1) is 16.2. The number of hydrogen-bond donors (Lipinski definition) is 0. The van der Waals surface area contributed by atoms with Crippen molar-refractivity contribution in [1.29, 1.82) is 0 Å². The third-order valence-corrected chi connectivity index (χ3v) is 6.37. The van der Waals surface area contributed by atoms with E-state index in [2.05, 4.69) is 21.1 Å². The van der Waals surface area contributed by atoms with E-state index in [0.717, 1.165) is 42.0 Å². The first-order valence-electron chi connectivity index (χ1n) is 8.55. The summed E-state index contributed by atoms with van der Waals surface area (Å²) in [5.74, 6) is 1.54. The van der Waals surface area contributed by atoms with Gasteiger partial charge in [-0.05, 0) is 43.9 Å². The molecule has 0 radical (unpaired) electrons. The normalized spacial score (nSPS) is 29.8. The van der Waals surface area contributed by atoms with E-state index in [-0.39, 0.29) is 16.5 Å². The van der Waals surface area contributed by atoms with Crippen LogP contribution in [-0.4, -0.2) is 42.6 Å². The Morgan fingerprint density at radius 2 is 2.08 bits per heavy atom. The fourth-order valence-electron chi connectivity index (χ4n) is 3.63. The number of oxime groups is 1. The molecule has 5 nitrogen and oxygen atoms in total. The lowest BCUT2D eigenvalue weighted by atomic mass is 9.93. The van der Waals surface area contributed by atoms with E-state index in [9.17, 15) is 0 Å². The predicted octanol–water partition coefficient (Wildman–Crippen LogP) is 3.67. The molecular formula is C18H22BrNO4. The van der Waals surface area contributed by atoms with Gasteiger partial charge in [-0.2, -0.15) is 0 Å². The van der Waals surface area contributed by atoms with Crippen LogP contribution < -0.4 is 9.47 Å². The van der Waals surface area contributed by atoms with Gasteiger partial charge in [-0.1, -0.05) is 21.1 Å². The molecule has 3 aliphatic rings. The van der Waals surface area contributed by atoms with Crippen LogP contribution in [-0.2, 0) is 9.57 Å². The van der Waals surface area contributed by atoms with Crippen LogP contribution in [0, 0.1) is 0 Å². The number of methoxy groups -OCH3 is 1. The molecule has 0 N–H and O–H groups in total. The largest absolute Gasteiger partial charge is 0.493 e. The molecule has 2 aliphatic heterocycles. The van der Waals surface area contributed by atoms with Crippen molar-refractivity contribution >= 4 is 21.6 Å². The standard InChI is InChI=1S/C18H22BrNO4/c1-21-14-7-6-12(10-15(14)23-13-4-2-3-5-13)16-17(19)18(24-20-16)8-9-22-11-18/h6-7,10,13,17H,2-5,8-9,11H2,1H3. The SMILES string of the molecule is COc1ccc(C2=NOC3(CCOC3)C2Br)cc1OC1CCCC1. The zero-order valence-electron chi connectivity index (χ0n) is 13.8. The third kappa shape index (κ3) is 2.80. The third-order valence-electron chi connectivity index (χ3n) is 5.10. The van der Waals surface area contributed by atoms with Gasteiger partial charge < -0.3 is 19.0 Å². The summed E-state index contributed by atoms with van der Waals surface area (Å²) in [6, 6.07) is 5.96. The van der Waals surface area contributed by atoms with E-state index in [1.165, 1.54) is 12.8 Å². The first-order valence-corrected chi connectivity index (χ1v) is 9.46. The second-order valence-corrected chi connectivity index (χ2v) is 7.60. The number of halogens is 1. The Balaban J connectivity index is 1.59. The van der Waals surface area contributed by atoms with Gasteiger partial charge in [-0.15, -0.1) is 0 Å². The van der Waals surface area contributed by atoms with Crippen molar-refractivity contribution in [2.75, 3.05) is 20.3 Å². The van der Waals surface area contributed by atoms with E-state index in [0.29, 0.717) is 13.2 Å². The molecule has 1 aliphatic carbocycles. The highest BCUT2D eigenvalue weighted by Gasteiger charge is 2.51. The molecule has 1 aromatic rings. The molecular weight excluding hydrogens is 374 g/mol. The summed E-state index contributed by atoms with van der Waals surface area (Å²) in [6.45, 7) is 1.28. The minimum Gasteiger partial charge on any atom is -0.493 e. The minimum atomic E-state index is -0.373. The molecule has 0 bridgehead atoms. The van der Waals surface area contributed by atoms with Crippen LogP contribution >= 0.6 is 15.9 Å². The maximum atomic E-state index is 6.19. The summed E-state index contributed by atoms with van der Waals surface area (Å²) in [7, 11) is 1.67. The maximum Gasteiger partial charge on any atom is 0.181 e. The second kappa shape index (κ2) is 6.56. The van der Waals surface area contributed by atoms with Gasteiger partial charge in [0.05, 0.1) is 26.4 Å². The van der Waals surface area contributed by atoms with Gasteiger partial charge in [0.2, 0.25) is 0 Å². The van der Waals surface area contributed by atoms with Crippen molar-refractivity contribution in [1.82, 2.24) is 0 Å². The van der Waals surface area contributed by atoms with Crippen LogP contribution in [0.4, 0.5) is 0 Å². The van der Waals surface area contributed by atoms with Crippen LogP contribution in [0.25, 0.3) is 0 Å². The summed E-state index contributed by atoms with van der Waals surface area (Å²) in [6.07, 6.45) is 5.82. The zero-order chi connectivity index (χ0) is 16.6. The average Bonchev–Trinajstić information content (AvgIpc) is 3.33. The second-order valence-electron chi connectivity index (χ2n) is 6.69. The summed E-state index contributed by atoms with van der Waals surface area (Å²) < 4.78 is 17.2. The highest BCUT2D eigenvalue weighted by molar-refractivity contribution is 9.10. The van der Waals surface area contributed by atoms with Gasteiger partial charge >= 0.3 is 0 Å². The van der Waals surface area contributed by atoms with Gasteiger partial charge in [0.15, 0.2) is 17.1 Å². The highest BCUT2D eigenvalue weighted by Crippen LogP contribution is 2.40. The van der Waals surface area contributed by atoms with Crippen LogP contribution in [0.2, 0.25) is 0 Å². The number of hydrogen-bond acceptors (Lipinski definition) is 5. The summed E-state index contributed by atoms with van der Waals surface area (Å²) >= 11 is 3.77. The molecule has 2 atom stereocenters. The van der Waals surface area contributed by atoms with Gasteiger partial charge in [0.25, 0.3) is 0 Å². The Bertz CT molecular complexity index is 636. The zero-order valence-corrected chi connectivity index (χ0v) is 15.4. The summed E-state index contributed by atoms with van der Waals surface area (Å²) in [4.78, 5) is 5.77. The molecule has 1 aromatic carbocycles. The molecule has 130 valence electrons. The summed E-state index contributed by atoms with van der Waals surface area (Å²) in [5, 5.41) is 4.34. The quantitative estimate of drug-likeness (QED) is 0.729. The Labute approximate surface area is 150 Å². The number of benzene rings is 1. The molecule has 2 heterocycles. The van der Waals surface area contributed by atoms with Crippen LogP contribution in [0.15, 0.2) is 23.4 Å². The van der Waals surface area contributed by atoms with Crippen LogP contribution in [0.1, 0.15) is 37.7 Å². The molecule has 1 saturated heterocycles. The van der Waals surface area contributed by atoms with E-state index in [1.807, 2.05) is 18.2 Å². The Hall–Kier alpha value is -1.27. The van der Waals surface area contributed by atoms with E-state index in [4.69, 9.17) is 19.0 Å². The molecule has 24 heavy (non-hydrogen) atoms. The van der Waals surface area contributed by atoms with E-state index in [1.54, 1.807) is 7.11 Å². The Morgan fingerprint density at radius 3 is 2.79 bits per heavy atom. The van der Waals surface area contributed by atoms with Crippen molar-refractivity contribution in [3.05, 3.63) is 23.8 Å². The van der Waals surface area contributed by atoms with Crippen molar-refractivity contribution < 1.29 is 19.0 Å². The van der Waals surface area contributed by atoms with Gasteiger partial charge in [0.1, 0.15) is 10.5 Å². The number of rotatable bonds is 4. The lowest BCUT2D eigenvalue weighted by Crippen LogP contribution is -2.40. The lowest BCUT2D eigenvalue weighted by Gasteiger charge is -2.23. The molecule has 6 heteroatoms. The molecule has 2 fully saturated rings. The maximum absolute atomic E-state index is 6.19. The number of nitrogens with zero attached hydrogens (tertiary/aromatic N) is 1. The van der Waals surface area contributed by atoms with E-state index >= 15 is 0 Å². The number of alkyl halides is 1. The van der Waals surface area contributed by atoms with Crippen molar-refractivity contribution in [3.63, 3.8) is 0 Å². The van der Waals surface area contributed by atoms with Gasteiger partial charge in [-0.3, -0.25) is 0 Å². The van der Waals surface area contributed by atoms with Crippen molar-refractivity contribution in [3.8, 4) is 11.5 Å². The molecule has 4 rings (SSSR count). The molecule has 2 unspecified atom stereocenters. The number of ether oxygens (including phenoxy) is 3. The predicted molar refractivity (Wildman–Crippen MR) is 94.4 cm³/mol. The summed E-state index contributed by atoms with van der Waals surface area (Å²) in [5.41, 5.74) is 1.51. The van der Waals surface area contributed by atoms with Crippen molar-refractivity contribution in [2.24, 2.45) is 5.16 Å². The highest BCUT2D eigenvalue weighted by atomic mass is 79.9. The van der Waals surface area contributed by atoms with Crippen LogP contribution in [0.5, 0.6) is 11.5 Å². The van der Waals surface area contributed by atoms with Gasteiger partial charge in [-0.25, -0.2) is 0 Å². The monoisotopic (exact) mass is 395 g/mol. The Morgan fingerprint density at radius 1 is 1.25 bits per heavy atom. The fourth-order valence-corrected chi connectivity index (χ4v) is 4.42. The molecule has 0 aromatic heterocycles. The van der Waals surface area contributed by atoms with Crippen LogP contribution in [0.3, 0.4) is 0 Å². The molecule has 0 amide bonds. The van der Waals surface area contributed by atoms with Gasteiger partial charge in [0, 0.05) is 12.0 Å². The molecule has 1 saturated carbocycles. The minimum absolute atomic E-state index is 0.0141. The topological polar surface area (TPSA) is 49.3 Å². The average molecular weight is 396 g/mol. The molecule has 1 spiro atoms. The Kier molecular flexibility index (Phi) is 4.43. The fraction of sp³-hybridized carbons (Fsp3) is 0.611.